The zero-order valence-electron chi connectivity index (χ0n) is 17.4. The van der Waals surface area contributed by atoms with Crippen molar-refractivity contribution in [1.82, 2.24) is 24.6 Å². The summed E-state index contributed by atoms with van der Waals surface area (Å²) in [6, 6.07) is 3.15. The van der Waals surface area contributed by atoms with Crippen molar-refractivity contribution >= 4 is 17.7 Å². The van der Waals surface area contributed by atoms with Gasteiger partial charge in [-0.1, -0.05) is 0 Å². The van der Waals surface area contributed by atoms with Gasteiger partial charge in [-0.25, -0.2) is 14.8 Å². The molecule has 1 unspecified atom stereocenters. The molecule has 0 bridgehead atoms. The Kier molecular flexibility index (Phi) is 8.90. The topological polar surface area (TPSA) is 132 Å². The number of rotatable bonds is 6. The van der Waals surface area contributed by atoms with Gasteiger partial charge in [0.25, 0.3) is 5.91 Å². The number of alkyl halides is 3. The van der Waals surface area contributed by atoms with E-state index in [0.717, 1.165) is 0 Å². The maximum absolute atomic E-state index is 12.8. The van der Waals surface area contributed by atoms with Crippen LogP contribution in [0.2, 0.25) is 0 Å². The molecule has 1 amide bonds. The SMILES string of the molecule is COCCNc1ccnc(C2COCCN2C(=O)c2ccn(C)n2)n1.O=C(O)C(F)(F)F. The Morgan fingerprint density at radius 3 is 2.69 bits per heavy atom. The number of aromatic nitrogens is 4. The molecule has 11 nitrogen and oxygen atoms in total. The molecule has 0 radical (unpaired) electrons. The van der Waals surface area contributed by atoms with Gasteiger partial charge in [-0.3, -0.25) is 9.48 Å². The number of carboxylic acid groups (broad SMARTS) is 1. The molecule has 14 heteroatoms. The van der Waals surface area contributed by atoms with E-state index in [1.165, 1.54) is 0 Å². The lowest BCUT2D eigenvalue weighted by Gasteiger charge is -2.34. The molecule has 1 atom stereocenters. The second-order valence-corrected chi connectivity index (χ2v) is 6.49. The predicted molar refractivity (Wildman–Crippen MR) is 104 cm³/mol. The number of carbonyl (C=O) groups excluding carboxylic acids is 1. The molecule has 2 aromatic heterocycles. The highest BCUT2D eigenvalue weighted by molar-refractivity contribution is 5.92. The Morgan fingerprint density at radius 2 is 2.09 bits per heavy atom. The summed E-state index contributed by atoms with van der Waals surface area (Å²) in [4.78, 5) is 32.3. The Bertz CT molecular complexity index is 907. The third-order valence-corrected chi connectivity index (χ3v) is 4.15. The first-order valence-corrected chi connectivity index (χ1v) is 9.37. The molecular weight excluding hydrogens is 437 g/mol. The molecule has 1 aliphatic heterocycles. The lowest BCUT2D eigenvalue weighted by Crippen LogP contribution is -2.44. The quantitative estimate of drug-likeness (QED) is 0.609. The number of aryl methyl sites for hydroxylation is 1. The fraction of sp³-hybridized carbons (Fsp3) is 0.500. The smallest absolute Gasteiger partial charge is 0.475 e. The second kappa shape index (κ2) is 11.4. The molecule has 0 saturated carbocycles. The van der Waals surface area contributed by atoms with Gasteiger partial charge in [0.2, 0.25) is 0 Å². The predicted octanol–water partition coefficient (Wildman–Crippen LogP) is 1.12. The first kappa shape index (κ1) is 25.0. The van der Waals surface area contributed by atoms with Crippen molar-refractivity contribution < 1.29 is 37.3 Å². The number of carboxylic acids is 1. The summed E-state index contributed by atoms with van der Waals surface area (Å²) in [6.07, 6.45) is -1.66. The van der Waals surface area contributed by atoms with E-state index in [2.05, 4.69) is 20.4 Å². The number of methoxy groups -OCH3 is 1. The van der Waals surface area contributed by atoms with E-state index in [4.69, 9.17) is 19.4 Å². The summed E-state index contributed by atoms with van der Waals surface area (Å²) in [5.41, 5.74) is 0.406. The maximum atomic E-state index is 12.8. The fourth-order valence-electron chi connectivity index (χ4n) is 2.65. The van der Waals surface area contributed by atoms with Gasteiger partial charge in [-0.15, -0.1) is 0 Å². The fourth-order valence-corrected chi connectivity index (χ4v) is 2.65. The van der Waals surface area contributed by atoms with E-state index < -0.39 is 12.1 Å². The van der Waals surface area contributed by atoms with Crippen LogP contribution in [0.15, 0.2) is 24.5 Å². The van der Waals surface area contributed by atoms with Crippen molar-refractivity contribution in [2.24, 2.45) is 7.05 Å². The Hall–Kier alpha value is -3.26. The molecule has 0 aliphatic carbocycles. The molecular formula is C18H23F3N6O5. The van der Waals surface area contributed by atoms with E-state index in [1.54, 1.807) is 48.3 Å². The summed E-state index contributed by atoms with van der Waals surface area (Å²) in [7, 11) is 3.43. The minimum Gasteiger partial charge on any atom is -0.475 e. The van der Waals surface area contributed by atoms with E-state index >= 15 is 0 Å². The van der Waals surface area contributed by atoms with Crippen molar-refractivity contribution in [2.45, 2.75) is 12.2 Å². The number of hydrogen-bond donors (Lipinski definition) is 2. The number of nitrogens with one attached hydrogen (secondary N) is 1. The highest BCUT2D eigenvalue weighted by Crippen LogP contribution is 2.24. The number of nitrogens with zero attached hydrogens (tertiary/aromatic N) is 5. The van der Waals surface area contributed by atoms with E-state index in [0.29, 0.717) is 50.2 Å². The number of morpholine rings is 1. The largest absolute Gasteiger partial charge is 0.490 e. The summed E-state index contributed by atoms with van der Waals surface area (Å²) in [5, 5.41) is 14.5. The summed E-state index contributed by atoms with van der Waals surface area (Å²) >= 11 is 0. The third kappa shape index (κ3) is 7.16. The van der Waals surface area contributed by atoms with Crippen LogP contribution in [0.25, 0.3) is 0 Å². The molecule has 2 N–H and O–H groups in total. The van der Waals surface area contributed by atoms with Crippen LogP contribution in [0.5, 0.6) is 0 Å². The number of hydrogen-bond acceptors (Lipinski definition) is 8. The van der Waals surface area contributed by atoms with Crippen LogP contribution in [-0.4, -0.2) is 87.8 Å². The van der Waals surface area contributed by atoms with Crippen molar-refractivity contribution in [1.29, 1.82) is 0 Å². The molecule has 3 rings (SSSR count). The van der Waals surface area contributed by atoms with Gasteiger partial charge in [0.15, 0.2) is 5.82 Å². The molecule has 0 spiro atoms. The lowest BCUT2D eigenvalue weighted by atomic mass is 10.2. The van der Waals surface area contributed by atoms with Crippen LogP contribution >= 0.6 is 0 Å². The van der Waals surface area contributed by atoms with Gasteiger partial charge in [0.05, 0.1) is 19.8 Å². The first-order chi connectivity index (χ1) is 15.1. The minimum absolute atomic E-state index is 0.143. The average Bonchev–Trinajstić information content (AvgIpc) is 3.20. The van der Waals surface area contributed by atoms with Gasteiger partial charge < -0.3 is 24.8 Å². The number of amides is 1. The summed E-state index contributed by atoms with van der Waals surface area (Å²) < 4.78 is 43.9. The van der Waals surface area contributed by atoms with Crippen LogP contribution in [0.1, 0.15) is 22.4 Å². The number of aliphatic carboxylic acids is 1. The summed E-state index contributed by atoms with van der Waals surface area (Å²) in [5.74, 6) is -1.66. The minimum atomic E-state index is -5.08. The van der Waals surface area contributed by atoms with Gasteiger partial charge in [-0.05, 0) is 12.1 Å². The van der Waals surface area contributed by atoms with Crippen LogP contribution in [-0.2, 0) is 21.3 Å². The average molecular weight is 460 g/mol. The molecule has 0 aromatic carbocycles. The van der Waals surface area contributed by atoms with Gasteiger partial charge in [-0.2, -0.15) is 18.3 Å². The normalized spacial score (nSPS) is 16.2. The zero-order valence-corrected chi connectivity index (χ0v) is 17.4. The Morgan fingerprint density at radius 1 is 1.38 bits per heavy atom. The molecule has 3 heterocycles. The van der Waals surface area contributed by atoms with Gasteiger partial charge >= 0.3 is 12.1 Å². The van der Waals surface area contributed by atoms with E-state index in [9.17, 15) is 18.0 Å². The molecule has 1 aliphatic rings. The third-order valence-electron chi connectivity index (χ3n) is 4.15. The molecule has 2 aromatic rings. The number of halogens is 3. The molecule has 1 saturated heterocycles. The highest BCUT2D eigenvalue weighted by Gasteiger charge is 2.38. The first-order valence-electron chi connectivity index (χ1n) is 9.37. The van der Waals surface area contributed by atoms with Crippen molar-refractivity contribution in [3.8, 4) is 0 Å². The van der Waals surface area contributed by atoms with Crippen LogP contribution in [0.3, 0.4) is 0 Å². The van der Waals surface area contributed by atoms with Gasteiger partial charge in [0, 0.05) is 39.6 Å². The maximum Gasteiger partial charge on any atom is 0.490 e. The van der Waals surface area contributed by atoms with Crippen molar-refractivity contribution in [3.05, 3.63) is 36.0 Å². The lowest BCUT2D eigenvalue weighted by molar-refractivity contribution is -0.192. The van der Waals surface area contributed by atoms with Crippen LogP contribution in [0, 0.1) is 0 Å². The van der Waals surface area contributed by atoms with E-state index in [1.807, 2.05) is 0 Å². The number of ether oxygens (including phenoxy) is 2. The molecule has 32 heavy (non-hydrogen) atoms. The van der Waals surface area contributed by atoms with Crippen molar-refractivity contribution in [3.63, 3.8) is 0 Å². The Balaban J connectivity index is 0.000000451. The molecule has 1 fully saturated rings. The van der Waals surface area contributed by atoms with Gasteiger partial charge in [0.1, 0.15) is 17.6 Å². The van der Waals surface area contributed by atoms with Crippen molar-refractivity contribution in [2.75, 3.05) is 45.3 Å². The number of carbonyl (C=O) groups is 2. The monoisotopic (exact) mass is 460 g/mol. The standard InChI is InChI=1S/C16H22N6O3.C2HF3O2/c1-21-7-4-12(20-21)16(23)22-8-10-25-11-13(22)15-18-5-3-14(19-15)17-6-9-24-2;3-2(4,5)1(6)7/h3-5,7,13H,6,8-11H2,1-2H3,(H,17,18,19);(H,6,7). The second-order valence-electron chi connectivity index (χ2n) is 6.49. The summed E-state index contributed by atoms with van der Waals surface area (Å²) in [6.45, 7) is 2.55. The van der Waals surface area contributed by atoms with E-state index in [-0.39, 0.29) is 11.9 Å². The van der Waals surface area contributed by atoms with Crippen LogP contribution < -0.4 is 5.32 Å². The highest BCUT2D eigenvalue weighted by atomic mass is 19.4. The zero-order chi connectivity index (χ0) is 23.7. The Labute approximate surface area is 181 Å². The number of anilines is 1. The van der Waals surface area contributed by atoms with Crippen LogP contribution in [0.4, 0.5) is 19.0 Å². The molecule has 176 valence electrons.